The van der Waals surface area contributed by atoms with Gasteiger partial charge in [-0.15, -0.1) is 0 Å². The van der Waals surface area contributed by atoms with Gasteiger partial charge in [-0.25, -0.2) is 0 Å². The summed E-state index contributed by atoms with van der Waals surface area (Å²) in [6.45, 7) is 4.27. The third kappa shape index (κ3) is 4.08. The molecule has 1 N–H and O–H groups in total. The maximum Gasteiger partial charge on any atom is 0.419 e. The molecule has 0 radical (unpaired) electrons. The molecule has 0 amide bonds. The number of aliphatic hydroxyl groups is 1. The van der Waals surface area contributed by atoms with Crippen molar-refractivity contribution in [2.75, 3.05) is 0 Å². The molecule has 1 heterocycles. The van der Waals surface area contributed by atoms with Gasteiger partial charge in [0.2, 0.25) is 0 Å². The average molecular weight is 493 g/mol. The lowest BCUT2D eigenvalue weighted by atomic mass is 9.48. The molecule has 1 aromatic heterocycles. The SMILES string of the molecule is C[C@@]1(O)CC[C@H]2[C@H](CC[C@@H]3[C@@H]2CC[C@@]2(C)[C@H]3[C@H](C3CC3)C[C@@H]2C(=O)Cn2cc(C(F)(F)F)cn2)C1. The van der Waals surface area contributed by atoms with Gasteiger partial charge >= 0.3 is 6.18 Å². The van der Waals surface area contributed by atoms with Crippen LogP contribution in [0.1, 0.15) is 83.6 Å². The van der Waals surface area contributed by atoms with E-state index in [1.165, 1.54) is 30.4 Å². The molecule has 4 nitrogen and oxygen atoms in total. The number of Topliss-reactive ketones (excluding diaryl/α,β-unsaturated/α-hetero) is 1. The third-order valence-corrected chi connectivity index (χ3v) is 11.2. The fourth-order valence-corrected chi connectivity index (χ4v) is 9.63. The lowest BCUT2D eigenvalue weighted by molar-refractivity contribution is -0.138. The van der Waals surface area contributed by atoms with Crippen LogP contribution < -0.4 is 0 Å². The van der Waals surface area contributed by atoms with Gasteiger partial charge in [-0.1, -0.05) is 6.92 Å². The summed E-state index contributed by atoms with van der Waals surface area (Å²) < 4.78 is 40.3. The molecule has 5 fully saturated rings. The summed E-state index contributed by atoms with van der Waals surface area (Å²) in [5, 5.41) is 14.5. The van der Waals surface area contributed by atoms with E-state index in [-0.39, 0.29) is 23.7 Å². The first-order valence-corrected chi connectivity index (χ1v) is 13.8. The molecule has 0 unspecified atom stereocenters. The van der Waals surface area contributed by atoms with Crippen LogP contribution in [-0.4, -0.2) is 26.3 Å². The van der Waals surface area contributed by atoms with Crippen molar-refractivity contribution in [3.8, 4) is 0 Å². The maximum absolute atomic E-state index is 13.6. The Hall–Kier alpha value is -1.37. The number of hydrogen-bond donors (Lipinski definition) is 1. The molecule has 0 aromatic carbocycles. The molecule has 35 heavy (non-hydrogen) atoms. The molecule has 6 rings (SSSR count). The monoisotopic (exact) mass is 492 g/mol. The Morgan fingerprint density at radius 2 is 1.74 bits per heavy atom. The van der Waals surface area contributed by atoms with Crippen LogP contribution in [0.25, 0.3) is 0 Å². The minimum absolute atomic E-state index is 0.0570. The van der Waals surface area contributed by atoms with Gasteiger partial charge in [0.15, 0.2) is 5.78 Å². The van der Waals surface area contributed by atoms with Crippen LogP contribution in [0.2, 0.25) is 0 Å². The Bertz CT molecular complexity index is 983. The summed E-state index contributed by atoms with van der Waals surface area (Å²) in [6.07, 6.45) is 8.35. The van der Waals surface area contributed by atoms with E-state index < -0.39 is 17.3 Å². The molecule has 1 aromatic rings. The number of carbonyl (C=O) groups excluding carboxylic acids is 1. The maximum atomic E-state index is 13.6. The van der Waals surface area contributed by atoms with Crippen molar-refractivity contribution in [3.05, 3.63) is 18.0 Å². The summed E-state index contributed by atoms with van der Waals surface area (Å²) in [6, 6.07) is 0. The smallest absolute Gasteiger partial charge is 0.390 e. The van der Waals surface area contributed by atoms with Gasteiger partial charge in [0, 0.05) is 12.1 Å². The van der Waals surface area contributed by atoms with Gasteiger partial charge in [-0.05, 0) is 118 Å². The predicted molar refractivity (Wildman–Crippen MR) is 125 cm³/mol. The van der Waals surface area contributed by atoms with Crippen LogP contribution in [0.15, 0.2) is 12.4 Å². The molecule has 0 saturated heterocycles. The quantitative estimate of drug-likeness (QED) is 0.550. The molecule has 5 aliphatic carbocycles. The second-order valence-corrected chi connectivity index (χ2v) is 13.3. The topological polar surface area (TPSA) is 55.1 Å². The largest absolute Gasteiger partial charge is 0.419 e. The van der Waals surface area contributed by atoms with Crippen LogP contribution in [0.3, 0.4) is 0 Å². The average Bonchev–Trinajstić information content (AvgIpc) is 3.41. The Balaban J connectivity index is 1.23. The molecular formula is C28H39F3N2O2. The number of carbonyl (C=O) groups is 1. The summed E-state index contributed by atoms with van der Waals surface area (Å²) in [4.78, 5) is 13.6. The van der Waals surface area contributed by atoms with Crippen LogP contribution in [0.5, 0.6) is 0 Å². The Morgan fingerprint density at radius 1 is 1.03 bits per heavy atom. The van der Waals surface area contributed by atoms with Crippen LogP contribution in [-0.2, 0) is 17.5 Å². The highest BCUT2D eigenvalue weighted by molar-refractivity contribution is 5.82. The molecule has 5 saturated carbocycles. The van der Waals surface area contributed by atoms with Crippen LogP contribution in [0.4, 0.5) is 13.2 Å². The zero-order valence-electron chi connectivity index (χ0n) is 20.9. The highest BCUT2D eigenvalue weighted by atomic mass is 19.4. The number of halogens is 3. The second kappa shape index (κ2) is 8.06. The van der Waals surface area contributed by atoms with Gasteiger partial charge in [0.05, 0.1) is 23.9 Å². The van der Waals surface area contributed by atoms with Gasteiger partial charge in [-0.2, -0.15) is 18.3 Å². The molecule has 194 valence electrons. The van der Waals surface area contributed by atoms with Crippen molar-refractivity contribution in [2.45, 2.75) is 96.4 Å². The number of alkyl halides is 3. The van der Waals surface area contributed by atoms with Crippen molar-refractivity contribution < 1.29 is 23.1 Å². The van der Waals surface area contributed by atoms with Gasteiger partial charge < -0.3 is 5.11 Å². The Morgan fingerprint density at radius 3 is 2.43 bits per heavy atom. The zero-order chi connectivity index (χ0) is 24.8. The van der Waals surface area contributed by atoms with E-state index >= 15 is 0 Å². The Kier molecular flexibility index (Phi) is 5.53. The lowest BCUT2D eigenvalue weighted by Gasteiger charge is -2.57. The molecule has 5 aliphatic rings. The van der Waals surface area contributed by atoms with E-state index in [2.05, 4.69) is 12.0 Å². The zero-order valence-corrected chi connectivity index (χ0v) is 20.9. The number of ketones is 1. The minimum atomic E-state index is -4.44. The van der Waals surface area contributed by atoms with E-state index in [9.17, 15) is 23.1 Å². The van der Waals surface area contributed by atoms with E-state index in [1.807, 2.05) is 6.92 Å². The first-order valence-electron chi connectivity index (χ1n) is 13.8. The van der Waals surface area contributed by atoms with Crippen LogP contribution in [0, 0.1) is 52.8 Å². The van der Waals surface area contributed by atoms with Crippen molar-refractivity contribution in [1.29, 1.82) is 0 Å². The van der Waals surface area contributed by atoms with Gasteiger partial charge in [0.1, 0.15) is 0 Å². The predicted octanol–water partition coefficient (Wildman–Crippen LogP) is 6.13. The third-order valence-electron chi connectivity index (χ3n) is 11.2. The highest BCUT2D eigenvalue weighted by Crippen LogP contribution is 2.69. The van der Waals surface area contributed by atoms with Gasteiger partial charge in [0.25, 0.3) is 0 Å². The summed E-state index contributed by atoms with van der Waals surface area (Å²) in [7, 11) is 0. The summed E-state index contributed by atoms with van der Waals surface area (Å²) >= 11 is 0. The van der Waals surface area contributed by atoms with Crippen molar-refractivity contribution in [3.63, 3.8) is 0 Å². The number of fused-ring (bicyclic) bond motifs is 5. The minimum Gasteiger partial charge on any atom is -0.390 e. The lowest BCUT2D eigenvalue weighted by Crippen LogP contribution is -2.52. The summed E-state index contributed by atoms with van der Waals surface area (Å²) in [5.41, 5.74) is -1.37. The number of rotatable bonds is 4. The van der Waals surface area contributed by atoms with Crippen LogP contribution >= 0.6 is 0 Å². The Labute approximate surface area is 206 Å². The molecule has 0 bridgehead atoms. The number of hydrogen-bond acceptors (Lipinski definition) is 3. The van der Waals surface area contributed by atoms with E-state index in [4.69, 9.17) is 0 Å². The van der Waals surface area contributed by atoms with E-state index in [1.54, 1.807) is 0 Å². The van der Waals surface area contributed by atoms with Crippen molar-refractivity contribution >= 4 is 5.78 Å². The van der Waals surface area contributed by atoms with E-state index in [0.29, 0.717) is 35.5 Å². The fraction of sp³-hybridized carbons (Fsp3) is 0.857. The molecular weight excluding hydrogens is 453 g/mol. The highest BCUT2D eigenvalue weighted by Gasteiger charge is 2.63. The van der Waals surface area contributed by atoms with Crippen molar-refractivity contribution in [1.82, 2.24) is 9.78 Å². The molecule has 0 aliphatic heterocycles. The van der Waals surface area contributed by atoms with Crippen molar-refractivity contribution in [2.24, 2.45) is 52.8 Å². The summed E-state index contributed by atoms with van der Waals surface area (Å²) in [5.74, 6) is 4.54. The normalized spacial score (nSPS) is 45.5. The standard InChI is InChI=1S/C28H39F3N2O2/c1-26(35)9-7-19-17(12-26)5-6-21-20(19)8-10-27(2)23(11-22(25(21)27)16-3-4-16)24(34)15-33-14-18(13-32-33)28(29,30)31/h13-14,16-17,19-23,25,35H,3-12,15H2,1-2H3/t17-,19+,20-,21-,22+,23-,25-,26-,27-/m1/s1. The van der Waals surface area contributed by atoms with Gasteiger partial charge in [-0.3, -0.25) is 9.48 Å². The first kappa shape index (κ1) is 24.0. The van der Waals surface area contributed by atoms with E-state index in [0.717, 1.165) is 56.8 Å². The molecule has 9 atom stereocenters. The molecule has 0 spiro atoms. The fourth-order valence-electron chi connectivity index (χ4n) is 9.63. The number of nitrogens with zero attached hydrogens (tertiary/aromatic N) is 2. The number of aromatic nitrogens is 2. The first-order chi connectivity index (χ1) is 16.5. The second-order valence-electron chi connectivity index (χ2n) is 13.3. The molecule has 7 heteroatoms.